The van der Waals surface area contributed by atoms with E-state index in [9.17, 15) is 8.78 Å². The molecule has 2 aromatic rings. The summed E-state index contributed by atoms with van der Waals surface area (Å²) in [6.45, 7) is 0. The molecule has 17 heavy (non-hydrogen) atoms. The van der Waals surface area contributed by atoms with Crippen LogP contribution < -0.4 is 0 Å². The summed E-state index contributed by atoms with van der Waals surface area (Å²) in [7, 11) is 0. The lowest BCUT2D eigenvalue weighted by molar-refractivity contribution is 0.623. The molecule has 2 rings (SSSR count). The SMILES string of the molecule is N#Cc1c(F)cccc1-c1cc(F)ccc1Cl. The molecular weight excluding hydrogens is 244 g/mol. The molecule has 0 aliphatic heterocycles. The van der Waals surface area contributed by atoms with Gasteiger partial charge in [-0.25, -0.2) is 8.78 Å². The van der Waals surface area contributed by atoms with Gasteiger partial charge < -0.3 is 0 Å². The van der Waals surface area contributed by atoms with Crippen molar-refractivity contribution in [3.63, 3.8) is 0 Å². The average molecular weight is 250 g/mol. The van der Waals surface area contributed by atoms with Gasteiger partial charge in [0, 0.05) is 16.1 Å². The minimum atomic E-state index is -0.648. The van der Waals surface area contributed by atoms with E-state index in [0.29, 0.717) is 5.56 Å². The average Bonchev–Trinajstić information content (AvgIpc) is 2.32. The summed E-state index contributed by atoms with van der Waals surface area (Å²) in [5, 5.41) is 9.17. The summed E-state index contributed by atoms with van der Waals surface area (Å²) in [5.74, 6) is -1.14. The topological polar surface area (TPSA) is 23.8 Å². The lowest BCUT2D eigenvalue weighted by Gasteiger charge is -2.07. The van der Waals surface area contributed by atoms with Crippen LogP contribution in [0.1, 0.15) is 5.56 Å². The van der Waals surface area contributed by atoms with Crippen molar-refractivity contribution in [2.45, 2.75) is 0 Å². The van der Waals surface area contributed by atoms with E-state index >= 15 is 0 Å². The third-order valence-corrected chi connectivity index (χ3v) is 2.67. The summed E-state index contributed by atoms with van der Waals surface area (Å²) < 4.78 is 26.5. The fourth-order valence-electron chi connectivity index (χ4n) is 1.57. The number of nitrogens with zero attached hydrogens (tertiary/aromatic N) is 1. The minimum Gasteiger partial charge on any atom is -0.207 e. The molecule has 2 aromatic carbocycles. The lowest BCUT2D eigenvalue weighted by Crippen LogP contribution is -1.90. The highest BCUT2D eigenvalue weighted by molar-refractivity contribution is 6.33. The first-order chi connectivity index (χ1) is 8.13. The Kier molecular flexibility index (Phi) is 3.08. The van der Waals surface area contributed by atoms with Crippen molar-refractivity contribution in [3.8, 4) is 17.2 Å². The minimum absolute atomic E-state index is 0.139. The van der Waals surface area contributed by atoms with Crippen LogP contribution in [0, 0.1) is 23.0 Å². The molecule has 0 aliphatic rings. The summed E-state index contributed by atoms with van der Waals surface area (Å²) in [6.07, 6.45) is 0. The van der Waals surface area contributed by atoms with E-state index in [1.165, 1.54) is 36.4 Å². The van der Waals surface area contributed by atoms with Gasteiger partial charge in [-0.2, -0.15) is 5.26 Å². The number of benzene rings is 2. The molecule has 0 heterocycles. The van der Waals surface area contributed by atoms with Gasteiger partial charge in [0.1, 0.15) is 17.7 Å². The molecular formula is C13H6ClF2N. The fraction of sp³-hybridized carbons (Fsp3) is 0. The monoisotopic (exact) mass is 249 g/mol. The predicted octanol–water partition coefficient (Wildman–Crippen LogP) is 4.16. The van der Waals surface area contributed by atoms with Gasteiger partial charge in [-0.05, 0) is 24.3 Å². The third-order valence-electron chi connectivity index (χ3n) is 2.34. The van der Waals surface area contributed by atoms with Crippen LogP contribution in [0.3, 0.4) is 0 Å². The first-order valence-corrected chi connectivity index (χ1v) is 5.15. The van der Waals surface area contributed by atoms with Crippen LogP contribution in [0.25, 0.3) is 11.1 Å². The standard InChI is InChI=1S/C13H6ClF2N/c14-12-5-4-8(15)6-10(12)9-2-1-3-13(16)11(9)7-17/h1-6H. The second-order valence-electron chi connectivity index (χ2n) is 3.40. The third kappa shape index (κ3) is 2.13. The molecule has 0 saturated carbocycles. The van der Waals surface area contributed by atoms with Gasteiger partial charge in [-0.15, -0.1) is 0 Å². The molecule has 0 aromatic heterocycles. The summed E-state index contributed by atoms with van der Waals surface area (Å²) >= 11 is 5.91. The summed E-state index contributed by atoms with van der Waals surface area (Å²) in [6, 6.07) is 9.67. The molecule has 0 aliphatic carbocycles. The van der Waals surface area contributed by atoms with E-state index in [-0.39, 0.29) is 16.1 Å². The molecule has 0 atom stereocenters. The second-order valence-corrected chi connectivity index (χ2v) is 3.81. The van der Waals surface area contributed by atoms with Gasteiger partial charge in [0.2, 0.25) is 0 Å². The van der Waals surface area contributed by atoms with Crippen LogP contribution >= 0.6 is 11.6 Å². The fourth-order valence-corrected chi connectivity index (χ4v) is 1.79. The second kappa shape index (κ2) is 4.52. The lowest BCUT2D eigenvalue weighted by atomic mass is 10.00. The Bertz CT molecular complexity index is 617. The quantitative estimate of drug-likeness (QED) is 0.745. The van der Waals surface area contributed by atoms with Crippen LogP contribution in [0.5, 0.6) is 0 Å². The maximum Gasteiger partial charge on any atom is 0.141 e. The van der Waals surface area contributed by atoms with E-state index < -0.39 is 11.6 Å². The maximum absolute atomic E-state index is 13.4. The van der Waals surface area contributed by atoms with Crippen LogP contribution in [0.4, 0.5) is 8.78 Å². The molecule has 0 N–H and O–H groups in total. The van der Waals surface area contributed by atoms with Crippen molar-refractivity contribution in [2.24, 2.45) is 0 Å². The van der Waals surface area contributed by atoms with E-state index in [4.69, 9.17) is 16.9 Å². The van der Waals surface area contributed by atoms with Gasteiger partial charge in [0.15, 0.2) is 0 Å². The Morgan fingerprint density at radius 2 is 1.82 bits per heavy atom. The van der Waals surface area contributed by atoms with E-state index in [0.717, 1.165) is 0 Å². The molecule has 84 valence electrons. The highest BCUT2D eigenvalue weighted by Gasteiger charge is 2.12. The Labute approximate surface area is 102 Å². The zero-order valence-electron chi connectivity index (χ0n) is 8.55. The number of hydrogen-bond donors (Lipinski definition) is 0. The highest BCUT2D eigenvalue weighted by Crippen LogP contribution is 2.31. The van der Waals surface area contributed by atoms with Gasteiger partial charge in [-0.1, -0.05) is 23.7 Å². The van der Waals surface area contributed by atoms with Crippen molar-refractivity contribution >= 4 is 11.6 Å². The molecule has 1 nitrogen and oxygen atoms in total. The molecule has 0 spiro atoms. The predicted molar refractivity (Wildman–Crippen MR) is 61.5 cm³/mol. The first kappa shape index (κ1) is 11.6. The Morgan fingerprint density at radius 3 is 2.53 bits per heavy atom. The van der Waals surface area contributed by atoms with Crippen molar-refractivity contribution in [1.82, 2.24) is 0 Å². The number of halogens is 3. The zero-order chi connectivity index (χ0) is 12.4. The normalized spacial score (nSPS) is 10.0. The number of nitriles is 1. The maximum atomic E-state index is 13.4. The van der Waals surface area contributed by atoms with Crippen LogP contribution in [0.15, 0.2) is 36.4 Å². The van der Waals surface area contributed by atoms with Crippen molar-refractivity contribution in [3.05, 3.63) is 58.6 Å². The van der Waals surface area contributed by atoms with Gasteiger partial charge in [-0.3, -0.25) is 0 Å². The van der Waals surface area contributed by atoms with Gasteiger partial charge >= 0.3 is 0 Å². The molecule has 0 unspecified atom stereocenters. The Hall–Kier alpha value is -1.92. The van der Waals surface area contributed by atoms with E-state index in [1.807, 2.05) is 0 Å². The van der Waals surface area contributed by atoms with Gasteiger partial charge in [0.25, 0.3) is 0 Å². The largest absolute Gasteiger partial charge is 0.207 e. The van der Waals surface area contributed by atoms with Crippen LogP contribution in [0.2, 0.25) is 5.02 Å². The number of rotatable bonds is 1. The van der Waals surface area contributed by atoms with E-state index in [2.05, 4.69) is 0 Å². The smallest absolute Gasteiger partial charge is 0.141 e. The van der Waals surface area contributed by atoms with Crippen molar-refractivity contribution in [2.75, 3.05) is 0 Å². The molecule has 0 saturated heterocycles. The van der Waals surface area contributed by atoms with Crippen molar-refractivity contribution < 1.29 is 8.78 Å². The summed E-state index contributed by atoms with van der Waals surface area (Å²) in [4.78, 5) is 0. The molecule has 0 amide bonds. The van der Waals surface area contributed by atoms with Crippen LogP contribution in [-0.2, 0) is 0 Å². The Morgan fingerprint density at radius 1 is 1.06 bits per heavy atom. The zero-order valence-corrected chi connectivity index (χ0v) is 9.30. The van der Waals surface area contributed by atoms with Crippen LogP contribution in [-0.4, -0.2) is 0 Å². The summed E-state index contributed by atoms with van der Waals surface area (Å²) in [5.41, 5.74) is 0.458. The molecule has 0 bridgehead atoms. The van der Waals surface area contributed by atoms with E-state index in [1.54, 1.807) is 6.07 Å². The molecule has 0 fully saturated rings. The van der Waals surface area contributed by atoms with Gasteiger partial charge in [0.05, 0.1) is 5.56 Å². The number of hydrogen-bond acceptors (Lipinski definition) is 1. The highest BCUT2D eigenvalue weighted by atomic mass is 35.5. The van der Waals surface area contributed by atoms with Crippen molar-refractivity contribution in [1.29, 1.82) is 5.26 Å². The first-order valence-electron chi connectivity index (χ1n) is 4.77. The Balaban J connectivity index is 2.73. The molecule has 4 heteroatoms. The molecule has 0 radical (unpaired) electrons.